The van der Waals surface area contributed by atoms with Crippen LogP contribution in [0.25, 0.3) is 0 Å². The molecule has 2 aromatic rings. The first kappa shape index (κ1) is 17.9. The lowest BCUT2D eigenvalue weighted by Crippen LogP contribution is -2.53. The van der Waals surface area contributed by atoms with E-state index in [9.17, 15) is 4.79 Å². The van der Waals surface area contributed by atoms with Gasteiger partial charge in [-0.2, -0.15) is 0 Å². The topological polar surface area (TPSA) is 26.8 Å². The smallest absolute Gasteiger partial charge is 0.241 e. The second-order valence-corrected chi connectivity index (χ2v) is 8.40. The molecule has 0 saturated carbocycles. The van der Waals surface area contributed by atoms with E-state index in [4.69, 9.17) is 0 Å². The van der Waals surface area contributed by atoms with Crippen molar-refractivity contribution in [3.05, 3.63) is 65.2 Å². The molecule has 1 fully saturated rings. The third-order valence-corrected chi connectivity index (χ3v) is 6.79. The van der Waals surface area contributed by atoms with Crippen LogP contribution in [-0.4, -0.2) is 61.0 Å². The summed E-state index contributed by atoms with van der Waals surface area (Å²) >= 11 is 0. The van der Waals surface area contributed by atoms with Crippen molar-refractivity contribution in [3.63, 3.8) is 0 Å². The molecule has 5 rings (SSSR count). The summed E-state index contributed by atoms with van der Waals surface area (Å²) < 4.78 is 0. The van der Waals surface area contributed by atoms with Crippen molar-refractivity contribution >= 4 is 11.6 Å². The molecule has 2 aromatic carbocycles. The van der Waals surface area contributed by atoms with Crippen LogP contribution in [-0.2, 0) is 24.1 Å². The molecule has 146 valence electrons. The van der Waals surface area contributed by atoms with Gasteiger partial charge in [-0.25, -0.2) is 0 Å². The lowest BCUT2D eigenvalue weighted by molar-refractivity contribution is -0.120. The lowest BCUT2D eigenvalue weighted by Gasteiger charge is -2.41. The zero-order valence-electron chi connectivity index (χ0n) is 16.5. The molecule has 3 aliphatic rings. The SMILES string of the molecule is O=C(CN1CCN(C2CCc3ccccc3C2)CC1)N1CCc2ccccc21. The van der Waals surface area contributed by atoms with Gasteiger partial charge in [0, 0.05) is 44.5 Å². The number of nitrogens with zero attached hydrogens (tertiary/aromatic N) is 3. The predicted molar refractivity (Wildman–Crippen MR) is 113 cm³/mol. The molecule has 0 aromatic heterocycles. The normalized spacial score (nSPS) is 22.7. The average Bonchev–Trinajstić information content (AvgIpc) is 3.18. The first-order chi connectivity index (χ1) is 13.8. The fraction of sp³-hybridized carbons (Fsp3) is 0.458. The van der Waals surface area contributed by atoms with Crippen LogP contribution in [0.5, 0.6) is 0 Å². The van der Waals surface area contributed by atoms with E-state index in [-0.39, 0.29) is 5.91 Å². The molecule has 0 radical (unpaired) electrons. The van der Waals surface area contributed by atoms with Crippen molar-refractivity contribution in [2.24, 2.45) is 0 Å². The summed E-state index contributed by atoms with van der Waals surface area (Å²) in [6.07, 6.45) is 4.63. The van der Waals surface area contributed by atoms with Gasteiger partial charge in [0.2, 0.25) is 5.91 Å². The molecule has 2 aliphatic heterocycles. The largest absolute Gasteiger partial charge is 0.311 e. The van der Waals surface area contributed by atoms with Gasteiger partial charge in [-0.1, -0.05) is 42.5 Å². The van der Waals surface area contributed by atoms with Crippen molar-refractivity contribution in [1.29, 1.82) is 0 Å². The molecule has 1 aliphatic carbocycles. The molecule has 1 atom stereocenters. The second kappa shape index (κ2) is 7.69. The van der Waals surface area contributed by atoms with E-state index in [0.717, 1.165) is 44.8 Å². The van der Waals surface area contributed by atoms with Gasteiger partial charge >= 0.3 is 0 Å². The third-order valence-electron chi connectivity index (χ3n) is 6.79. The third kappa shape index (κ3) is 3.47. The number of anilines is 1. The van der Waals surface area contributed by atoms with E-state index in [1.165, 1.54) is 36.0 Å². The molecule has 4 nitrogen and oxygen atoms in total. The monoisotopic (exact) mass is 375 g/mol. The fourth-order valence-electron chi connectivity index (χ4n) is 5.15. The number of hydrogen-bond acceptors (Lipinski definition) is 3. The maximum absolute atomic E-state index is 12.9. The first-order valence-corrected chi connectivity index (χ1v) is 10.7. The highest BCUT2D eigenvalue weighted by Crippen LogP contribution is 2.28. The molecular formula is C24H29N3O. The van der Waals surface area contributed by atoms with Crippen LogP contribution < -0.4 is 4.90 Å². The van der Waals surface area contributed by atoms with Crippen LogP contribution in [0.2, 0.25) is 0 Å². The highest BCUT2D eigenvalue weighted by molar-refractivity contribution is 5.96. The quantitative estimate of drug-likeness (QED) is 0.825. The van der Waals surface area contributed by atoms with E-state index >= 15 is 0 Å². The van der Waals surface area contributed by atoms with Crippen LogP contribution in [0.4, 0.5) is 5.69 Å². The van der Waals surface area contributed by atoms with Crippen molar-refractivity contribution in [2.45, 2.75) is 31.7 Å². The summed E-state index contributed by atoms with van der Waals surface area (Å²) in [4.78, 5) is 19.9. The number of carbonyl (C=O) groups excluding carboxylic acids is 1. The Morgan fingerprint density at radius 1 is 0.821 bits per heavy atom. The zero-order chi connectivity index (χ0) is 18.9. The van der Waals surface area contributed by atoms with Gasteiger partial charge in [0.1, 0.15) is 0 Å². The van der Waals surface area contributed by atoms with E-state index in [0.29, 0.717) is 12.6 Å². The number of hydrogen-bond donors (Lipinski definition) is 0. The van der Waals surface area contributed by atoms with E-state index in [2.05, 4.69) is 52.3 Å². The zero-order valence-corrected chi connectivity index (χ0v) is 16.5. The molecule has 0 bridgehead atoms. The Morgan fingerprint density at radius 2 is 1.54 bits per heavy atom. The summed E-state index contributed by atoms with van der Waals surface area (Å²) in [6, 6.07) is 17.9. The summed E-state index contributed by atoms with van der Waals surface area (Å²) in [7, 11) is 0. The average molecular weight is 376 g/mol. The minimum Gasteiger partial charge on any atom is -0.311 e. The molecule has 4 heteroatoms. The number of amides is 1. The van der Waals surface area contributed by atoms with Crippen LogP contribution in [0, 0.1) is 0 Å². The molecule has 1 amide bonds. The molecule has 1 saturated heterocycles. The Labute approximate surface area is 167 Å². The number of piperazine rings is 1. The van der Waals surface area contributed by atoms with Gasteiger partial charge in [0.25, 0.3) is 0 Å². The number of benzene rings is 2. The molecule has 2 heterocycles. The number of fused-ring (bicyclic) bond motifs is 2. The molecule has 0 N–H and O–H groups in total. The van der Waals surface area contributed by atoms with Gasteiger partial charge in [-0.3, -0.25) is 14.6 Å². The molecule has 1 unspecified atom stereocenters. The number of para-hydroxylation sites is 1. The number of rotatable bonds is 3. The Bertz CT molecular complexity index is 856. The van der Waals surface area contributed by atoms with Gasteiger partial charge in [-0.15, -0.1) is 0 Å². The van der Waals surface area contributed by atoms with E-state index in [1.54, 1.807) is 0 Å². The van der Waals surface area contributed by atoms with Crippen LogP contribution in [0.15, 0.2) is 48.5 Å². The van der Waals surface area contributed by atoms with Crippen molar-refractivity contribution in [3.8, 4) is 0 Å². The van der Waals surface area contributed by atoms with Crippen molar-refractivity contribution < 1.29 is 4.79 Å². The highest BCUT2D eigenvalue weighted by Gasteiger charge is 2.30. The van der Waals surface area contributed by atoms with E-state index in [1.807, 2.05) is 11.0 Å². The Kier molecular flexibility index (Phi) is 4.91. The fourth-order valence-corrected chi connectivity index (χ4v) is 5.15. The summed E-state index contributed by atoms with van der Waals surface area (Å²) in [6.45, 7) is 5.54. The summed E-state index contributed by atoms with van der Waals surface area (Å²) in [5.41, 5.74) is 5.49. The standard InChI is InChI=1S/C24H29N3O/c28-24(27-12-11-20-6-3-4-8-23(20)27)18-25-13-15-26(16-14-25)22-10-9-19-5-1-2-7-21(19)17-22/h1-8,22H,9-18H2. The molecular weight excluding hydrogens is 346 g/mol. The van der Waals surface area contributed by atoms with Crippen LogP contribution in [0.1, 0.15) is 23.1 Å². The minimum absolute atomic E-state index is 0.255. The maximum Gasteiger partial charge on any atom is 0.241 e. The minimum atomic E-state index is 0.255. The molecule has 28 heavy (non-hydrogen) atoms. The Morgan fingerprint density at radius 3 is 2.36 bits per heavy atom. The number of aryl methyl sites for hydroxylation is 1. The maximum atomic E-state index is 12.9. The predicted octanol–water partition coefficient (Wildman–Crippen LogP) is 2.75. The van der Waals surface area contributed by atoms with Gasteiger partial charge in [0.15, 0.2) is 0 Å². The molecule has 0 spiro atoms. The van der Waals surface area contributed by atoms with E-state index < -0.39 is 0 Å². The second-order valence-electron chi connectivity index (χ2n) is 8.40. The van der Waals surface area contributed by atoms with Crippen LogP contribution >= 0.6 is 0 Å². The van der Waals surface area contributed by atoms with Gasteiger partial charge in [-0.05, 0) is 48.4 Å². The number of carbonyl (C=O) groups is 1. The highest BCUT2D eigenvalue weighted by atomic mass is 16.2. The van der Waals surface area contributed by atoms with Gasteiger partial charge in [0.05, 0.1) is 6.54 Å². The first-order valence-electron chi connectivity index (χ1n) is 10.7. The Hall–Kier alpha value is -2.17. The van der Waals surface area contributed by atoms with Crippen molar-refractivity contribution in [1.82, 2.24) is 9.80 Å². The lowest BCUT2D eigenvalue weighted by atomic mass is 9.87. The van der Waals surface area contributed by atoms with Gasteiger partial charge < -0.3 is 4.90 Å². The van der Waals surface area contributed by atoms with Crippen LogP contribution in [0.3, 0.4) is 0 Å². The summed E-state index contributed by atoms with van der Waals surface area (Å²) in [5, 5.41) is 0. The van der Waals surface area contributed by atoms with Crippen molar-refractivity contribution in [2.75, 3.05) is 44.2 Å². The summed E-state index contributed by atoms with van der Waals surface area (Å²) in [5.74, 6) is 0.255. The Balaban J connectivity index is 1.15.